The molecule has 0 bridgehead atoms. The Morgan fingerprint density at radius 1 is 0.909 bits per heavy atom. The molecule has 2 fully saturated rings. The zero-order chi connectivity index (χ0) is 31.9. The Kier molecular flexibility index (Phi) is 8.85. The summed E-state index contributed by atoms with van der Waals surface area (Å²) in [6.45, 7) is 13.6. The summed E-state index contributed by atoms with van der Waals surface area (Å²) in [6, 6.07) is 19.3. The summed E-state index contributed by atoms with van der Waals surface area (Å²) in [7, 11) is -5.00. The lowest BCUT2D eigenvalue weighted by molar-refractivity contribution is -0.137. The quantitative estimate of drug-likeness (QED) is 0.336. The first-order valence-electron chi connectivity index (χ1n) is 14.7. The lowest BCUT2D eigenvalue weighted by atomic mass is 9.79. The fraction of sp³-hybridized carbons (Fsp3) is 0.438. The topological polar surface area (TPSA) is 68.3 Å². The molecule has 3 aromatic rings. The highest BCUT2D eigenvalue weighted by Crippen LogP contribution is 2.39. The van der Waals surface area contributed by atoms with Crippen LogP contribution in [-0.2, 0) is 32.1 Å². The Balaban J connectivity index is 0.000000266. The third-order valence-electron chi connectivity index (χ3n) is 8.47. The third-order valence-corrected chi connectivity index (χ3v) is 10.3. The van der Waals surface area contributed by atoms with Gasteiger partial charge in [-0.05, 0) is 75.0 Å². The molecule has 7 nitrogen and oxygen atoms in total. The van der Waals surface area contributed by atoms with E-state index >= 15 is 0 Å². The van der Waals surface area contributed by atoms with Crippen molar-refractivity contribution >= 4 is 28.3 Å². The van der Waals surface area contributed by atoms with Crippen LogP contribution >= 0.6 is 0 Å². The van der Waals surface area contributed by atoms with Crippen LogP contribution < -0.4 is 14.5 Å². The number of benzene rings is 3. The summed E-state index contributed by atoms with van der Waals surface area (Å²) >= 11 is 0. The predicted octanol–water partition coefficient (Wildman–Crippen LogP) is 5.73. The SMILES string of the molecule is CC1(C)OB(c2ccc3c(c2)N(S(=O)(=O)c2cccc(C(F)(F)F)c2)CCO3)OC1(C)C.CC1CN(Cc2ccccc2)C1. The number of ether oxygens (including phenoxy) is 1. The highest BCUT2D eigenvalue weighted by molar-refractivity contribution is 7.92. The Morgan fingerprint density at radius 3 is 2.18 bits per heavy atom. The van der Waals surface area contributed by atoms with Gasteiger partial charge < -0.3 is 14.0 Å². The summed E-state index contributed by atoms with van der Waals surface area (Å²) in [5.41, 5.74) is 0.0299. The van der Waals surface area contributed by atoms with Crippen LogP contribution in [0.25, 0.3) is 0 Å². The molecule has 3 aliphatic heterocycles. The van der Waals surface area contributed by atoms with E-state index < -0.39 is 45.0 Å². The minimum atomic E-state index is -4.65. The molecule has 0 aliphatic carbocycles. The molecule has 6 rings (SSSR count). The fourth-order valence-corrected chi connectivity index (χ4v) is 6.84. The van der Waals surface area contributed by atoms with Crippen molar-refractivity contribution in [2.24, 2.45) is 5.92 Å². The second kappa shape index (κ2) is 12.0. The van der Waals surface area contributed by atoms with Gasteiger partial charge >= 0.3 is 13.3 Å². The molecular formula is C32H38BF3N2O5S. The Labute approximate surface area is 258 Å². The van der Waals surface area contributed by atoms with Crippen molar-refractivity contribution in [2.45, 2.75) is 63.4 Å². The number of anilines is 1. The Bertz CT molecular complexity index is 1560. The molecule has 3 heterocycles. The number of hydrogen-bond acceptors (Lipinski definition) is 6. The zero-order valence-corrected chi connectivity index (χ0v) is 26.4. The molecule has 0 aromatic heterocycles. The molecule has 3 aromatic carbocycles. The van der Waals surface area contributed by atoms with E-state index in [1.165, 1.54) is 18.7 Å². The van der Waals surface area contributed by atoms with Crippen molar-refractivity contribution < 1.29 is 35.6 Å². The smallest absolute Gasteiger partial charge is 0.489 e. The molecule has 0 amide bonds. The van der Waals surface area contributed by atoms with E-state index in [4.69, 9.17) is 14.0 Å². The van der Waals surface area contributed by atoms with Gasteiger partial charge in [-0.2, -0.15) is 13.2 Å². The van der Waals surface area contributed by atoms with Crippen LogP contribution in [0.3, 0.4) is 0 Å². The molecule has 3 aliphatic rings. The van der Waals surface area contributed by atoms with Gasteiger partial charge in [0.1, 0.15) is 12.4 Å². The van der Waals surface area contributed by atoms with Crippen LogP contribution in [0, 0.1) is 5.92 Å². The van der Waals surface area contributed by atoms with E-state index in [0.29, 0.717) is 17.3 Å². The van der Waals surface area contributed by atoms with Crippen molar-refractivity contribution in [3.05, 3.63) is 83.9 Å². The number of alkyl halides is 3. The summed E-state index contributed by atoms with van der Waals surface area (Å²) in [5.74, 6) is 1.22. The molecular weight excluding hydrogens is 592 g/mol. The Morgan fingerprint density at radius 2 is 1.57 bits per heavy atom. The monoisotopic (exact) mass is 630 g/mol. The summed E-state index contributed by atoms with van der Waals surface area (Å²) in [5, 5.41) is 0. The standard InChI is InChI=1S/C21H23BF3NO5S.C11H15N/c1-19(2)20(3,4)31-22(30-19)15-8-9-18-17(13-15)26(10-11-29-18)32(27,28)16-7-5-6-14(12-16)21(23,24)25;1-10-7-12(8-10)9-11-5-3-2-4-6-11/h5-9,12-13H,10-11H2,1-4H3;2-6,10H,7-9H2,1H3. The summed E-state index contributed by atoms with van der Waals surface area (Å²) in [4.78, 5) is 2.04. The number of nitrogens with zero attached hydrogens (tertiary/aromatic N) is 2. The van der Waals surface area contributed by atoms with Gasteiger partial charge in [0.05, 0.1) is 33.9 Å². The molecule has 0 saturated carbocycles. The average Bonchev–Trinajstić information content (AvgIpc) is 3.18. The lowest BCUT2D eigenvalue weighted by Crippen LogP contribution is -2.44. The second-order valence-corrected chi connectivity index (χ2v) is 14.4. The molecule has 0 unspecified atom stereocenters. The lowest BCUT2D eigenvalue weighted by Gasteiger charge is -2.37. The van der Waals surface area contributed by atoms with Crippen LogP contribution in [0.15, 0.2) is 77.7 Å². The van der Waals surface area contributed by atoms with Crippen LogP contribution in [0.4, 0.5) is 18.9 Å². The molecule has 0 spiro atoms. The van der Waals surface area contributed by atoms with E-state index in [9.17, 15) is 21.6 Å². The largest absolute Gasteiger partial charge is 0.494 e. The van der Waals surface area contributed by atoms with Crippen molar-refractivity contribution in [3.63, 3.8) is 0 Å². The molecule has 0 N–H and O–H groups in total. The molecule has 0 radical (unpaired) electrons. The average molecular weight is 631 g/mol. The van der Waals surface area contributed by atoms with Crippen LogP contribution in [0.5, 0.6) is 5.75 Å². The van der Waals surface area contributed by atoms with Gasteiger partial charge in [0.2, 0.25) is 0 Å². The first-order chi connectivity index (χ1) is 20.6. The normalized spacial score (nSPS) is 19.8. The Hall–Kier alpha value is -3.06. The van der Waals surface area contributed by atoms with Gasteiger partial charge in [-0.25, -0.2) is 8.42 Å². The van der Waals surface area contributed by atoms with Gasteiger partial charge in [-0.15, -0.1) is 0 Å². The van der Waals surface area contributed by atoms with Gasteiger partial charge in [-0.3, -0.25) is 9.21 Å². The minimum Gasteiger partial charge on any atom is -0.489 e. The van der Waals surface area contributed by atoms with Crippen LogP contribution in [0.1, 0.15) is 45.7 Å². The van der Waals surface area contributed by atoms with E-state index in [1.54, 1.807) is 18.2 Å². The van der Waals surface area contributed by atoms with Gasteiger partial charge in [-0.1, -0.05) is 49.4 Å². The first kappa shape index (κ1) is 32.3. The molecule has 12 heteroatoms. The van der Waals surface area contributed by atoms with Crippen molar-refractivity contribution in [2.75, 3.05) is 30.5 Å². The van der Waals surface area contributed by atoms with Crippen molar-refractivity contribution in [1.82, 2.24) is 4.90 Å². The van der Waals surface area contributed by atoms with Gasteiger partial charge in [0.25, 0.3) is 10.0 Å². The maximum absolute atomic E-state index is 13.3. The van der Waals surface area contributed by atoms with E-state index in [2.05, 4.69) is 42.2 Å². The molecule has 2 saturated heterocycles. The van der Waals surface area contributed by atoms with Crippen LogP contribution in [-0.4, -0.2) is 57.9 Å². The number of rotatable bonds is 5. The zero-order valence-electron chi connectivity index (χ0n) is 25.6. The maximum Gasteiger partial charge on any atom is 0.494 e. The number of likely N-dealkylation sites (tertiary alicyclic amines) is 1. The minimum absolute atomic E-state index is 0.0433. The number of sulfonamides is 1. The third kappa shape index (κ3) is 6.78. The summed E-state index contributed by atoms with van der Waals surface area (Å²) in [6.07, 6.45) is -4.65. The van der Waals surface area contributed by atoms with Crippen LogP contribution in [0.2, 0.25) is 0 Å². The van der Waals surface area contributed by atoms with E-state index in [1.807, 2.05) is 27.7 Å². The first-order valence-corrected chi connectivity index (χ1v) is 16.1. The second-order valence-electron chi connectivity index (χ2n) is 12.6. The van der Waals surface area contributed by atoms with E-state index in [-0.39, 0.29) is 18.8 Å². The highest BCUT2D eigenvalue weighted by Gasteiger charge is 2.52. The molecule has 44 heavy (non-hydrogen) atoms. The number of hydrogen-bond donors (Lipinski definition) is 0. The number of halogens is 3. The van der Waals surface area contributed by atoms with Gasteiger partial charge in [0, 0.05) is 19.6 Å². The highest BCUT2D eigenvalue weighted by atomic mass is 32.2. The fourth-order valence-electron chi connectivity index (χ4n) is 5.34. The molecule has 0 atom stereocenters. The van der Waals surface area contributed by atoms with Crippen molar-refractivity contribution in [3.8, 4) is 5.75 Å². The van der Waals surface area contributed by atoms with E-state index in [0.717, 1.165) is 35.0 Å². The summed E-state index contributed by atoms with van der Waals surface area (Å²) < 4.78 is 84.8. The molecule has 236 valence electrons. The van der Waals surface area contributed by atoms with Gasteiger partial charge in [0.15, 0.2) is 0 Å². The number of fused-ring (bicyclic) bond motifs is 1. The predicted molar refractivity (Wildman–Crippen MR) is 165 cm³/mol. The van der Waals surface area contributed by atoms with Crippen molar-refractivity contribution in [1.29, 1.82) is 0 Å². The maximum atomic E-state index is 13.3.